The van der Waals surface area contributed by atoms with Gasteiger partial charge in [0.25, 0.3) is 0 Å². The van der Waals surface area contributed by atoms with Crippen molar-refractivity contribution in [1.29, 1.82) is 0 Å². The summed E-state index contributed by atoms with van der Waals surface area (Å²) in [6.45, 7) is 4.67. The van der Waals surface area contributed by atoms with Crippen LogP contribution in [0.25, 0.3) is 0 Å². The lowest BCUT2D eigenvalue weighted by molar-refractivity contribution is 0.150. The molecule has 0 aliphatic carbocycles. The fraction of sp³-hybridized carbons (Fsp3) is 0.385. The second-order valence-electron chi connectivity index (χ2n) is 4.02. The van der Waals surface area contributed by atoms with Crippen molar-refractivity contribution >= 4 is 28.3 Å². The Hall–Kier alpha value is -0.550. The Labute approximate surface area is 110 Å². The van der Waals surface area contributed by atoms with Crippen molar-refractivity contribution in [2.24, 2.45) is 0 Å². The van der Waals surface area contributed by atoms with Gasteiger partial charge < -0.3 is 10.1 Å². The molecule has 0 spiro atoms. The van der Waals surface area contributed by atoms with E-state index >= 15 is 0 Å². The Balaban J connectivity index is 1.96. The first-order chi connectivity index (χ1) is 7.75. The van der Waals surface area contributed by atoms with Gasteiger partial charge in [-0.3, -0.25) is 0 Å². The van der Waals surface area contributed by atoms with Crippen molar-refractivity contribution in [3.8, 4) is 0 Å². The molecule has 0 unspecified atom stereocenters. The van der Waals surface area contributed by atoms with Crippen LogP contribution in [0.2, 0.25) is 0 Å². The number of aryl methyl sites for hydroxylation is 1. The van der Waals surface area contributed by atoms with Crippen molar-refractivity contribution in [2.45, 2.75) is 13.3 Å². The van der Waals surface area contributed by atoms with E-state index in [0.29, 0.717) is 0 Å². The van der Waals surface area contributed by atoms with Crippen LogP contribution in [-0.2, 0) is 4.74 Å². The van der Waals surface area contributed by atoms with Gasteiger partial charge in [-0.25, -0.2) is 0 Å². The van der Waals surface area contributed by atoms with Gasteiger partial charge in [-0.1, -0.05) is 6.08 Å². The average molecular weight is 329 g/mol. The minimum absolute atomic E-state index is 0.774. The zero-order valence-corrected chi connectivity index (χ0v) is 11.6. The fourth-order valence-electron chi connectivity index (χ4n) is 1.77. The van der Waals surface area contributed by atoms with Crippen molar-refractivity contribution in [3.05, 3.63) is 39.0 Å². The first kappa shape index (κ1) is 11.9. The predicted molar refractivity (Wildman–Crippen MR) is 75.9 cm³/mol. The van der Waals surface area contributed by atoms with Crippen molar-refractivity contribution in [1.82, 2.24) is 0 Å². The van der Waals surface area contributed by atoms with Crippen LogP contribution in [0.5, 0.6) is 0 Å². The lowest BCUT2D eigenvalue weighted by Crippen LogP contribution is -2.14. The van der Waals surface area contributed by atoms with E-state index in [1.807, 2.05) is 0 Å². The molecule has 16 heavy (non-hydrogen) atoms. The molecule has 0 radical (unpaired) electrons. The zero-order chi connectivity index (χ0) is 11.4. The first-order valence-electron chi connectivity index (χ1n) is 5.51. The number of hydrogen-bond acceptors (Lipinski definition) is 2. The summed E-state index contributed by atoms with van der Waals surface area (Å²) in [5.74, 6) is 0. The highest BCUT2D eigenvalue weighted by atomic mass is 127. The number of nitrogens with one attached hydrogen (secondary N) is 1. The van der Waals surface area contributed by atoms with Gasteiger partial charge >= 0.3 is 0 Å². The normalized spacial score (nSPS) is 15.8. The quantitative estimate of drug-likeness (QED) is 0.678. The summed E-state index contributed by atoms with van der Waals surface area (Å²) in [5, 5.41) is 3.46. The summed E-state index contributed by atoms with van der Waals surface area (Å²) in [7, 11) is 0. The maximum absolute atomic E-state index is 5.41. The number of ether oxygens (including phenoxy) is 1. The van der Waals surface area contributed by atoms with E-state index in [9.17, 15) is 0 Å². The molecule has 1 aliphatic heterocycles. The molecule has 0 amide bonds. The Bertz CT molecular complexity index is 401. The predicted octanol–water partition coefficient (Wildman–Crippen LogP) is 3.36. The van der Waals surface area contributed by atoms with Gasteiger partial charge in [0.2, 0.25) is 0 Å². The Morgan fingerprint density at radius 1 is 1.44 bits per heavy atom. The van der Waals surface area contributed by atoms with Crippen LogP contribution in [0.1, 0.15) is 12.0 Å². The number of benzene rings is 1. The van der Waals surface area contributed by atoms with E-state index in [-0.39, 0.29) is 0 Å². The molecule has 1 aromatic carbocycles. The van der Waals surface area contributed by atoms with E-state index in [4.69, 9.17) is 4.74 Å². The summed E-state index contributed by atoms with van der Waals surface area (Å²) < 4.78 is 6.69. The van der Waals surface area contributed by atoms with Crippen molar-refractivity contribution < 1.29 is 4.74 Å². The fourth-order valence-corrected chi connectivity index (χ4v) is 2.41. The summed E-state index contributed by atoms with van der Waals surface area (Å²) >= 11 is 2.33. The minimum Gasteiger partial charge on any atom is -0.381 e. The largest absolute Gasteiger partial charge is 0.381 e. The van der Waals surface area contributed by atoms with E-state index in [1.165, 1.54) is 20.4 Å². The van der Waals surface area contributed by atoms with Crippen LogP contribution >= 0.6 is 22.6 Å². The molecule has 86 valence electrons. The minimum atomic E-state index is 0.774. The van der Waals surface area contributed by atoms with Gasteiger partial charge in [0, 0.05) is 15.8 Å². The molecule has 0 saturated heterocycles. The van der Waals surface area contributed by atoms with Gasteiger partial charge in [-0.2, -0.15) is 0 Å². The molecular weight excluding hydrogens is 313 g/mol. The molecule has 0 atom stereocenters. The second kappa shape index (κ2) is 5.68. The summed E-state index contributed by atoms with van der Waals surface area (Å²) in [6.07, 6.45) is 3.32. The molecule has 3 heteroatoms. The molecule has 2 rings (SSSR count). The molecule has 1 aliphatic rings. The third-order valence-electron chi connectivity index (χ3n) is 2.68. The summed E-state index contributed by atoms with van der Waals surface area (Å²) in [4.78, 5) is 0. The summed E-state index contributed by atoms with van der Waals surface area (Å²) in [6, 6.07) is 6.46. The van der Waals surface area contributed by atoms with Crippen LogP contribution in [-0.4, -0.2) is 19.8 Å². The number of anilines is 1. The lowest BCUT2D eigenvalue weighted by atomic mass is 10.1. The average Bonchev–Trinajstić information content (AvgIpc) is 2.29. The second-order valence-corrected chi connectivity index (χ2v) is 5.26. The first-order valence-corrected chi connectivity index (χ1v) is 6.59. The molecule has 0 aromatic heterocycles. The van der Waals surface area contributed by atoms with E-state index in [0.717, 1.165) is 26.2 Å². The highest BCUT2D eigenvalue weighted by Gasteiger charge is 2.04. The zero-order valence-electron chi connectivity index (χ0n) is 9.42. The van der Waals surface area contributed by atoms with Gasteiger partial charge in [0.05, 0.1) is 13.2 Å². The Morgan fingerprint density at radius 3 is 3.00 bits per heavy atom. The molecule has 0 saturated carbocycles. The molecule has 1 N–H and O–H groups in total. The third-order valence-corrected chi connectivity index (χ3v) is 3.35. The monoisotopic (exact) mass is 329 g/mol. The lowest BCUT2D eigenvalue weighted by Gasteiger charge is -2.16. The van der Waals surface area contributed by atoms with Crippen LogP contribution in [0.3, 0.4) is 0 Å². The molecule has 2 nitrogen and oxygen atoms in total. The number of halogens is 1. The number of rotatable bonds is 3. The highest BCUT2D eigenvalue weighted by Crippen LogP contribution is 2.18. The van der Waals surface area contributed by atoms with E-state index in [1.54, 1.807) is 0 Å². The SMILES string of the molecule is Cc1cc(I)ccc1NCC1=CCCOC1. The van der Waals surface area contributed by atoms with Gasteiger partial charge in [0.15, 0.2) is 0 Å². The smallest absolute Gasteiger partial charge is 0.0693 e. The van der Waals surface area contributed by atoms with Gasteiger partial charge in [0.1, 0.15) is 0 Å². The maximum atomic E-state index is 5.41. The Morgan fingerprint density at radius 2 is 2.31 bits per heavy atom. The summed E-state index contributed by atoms with van der Waals surface area (Å²) in [5.41, 5.74) is 3.86. The molecule has 1 heterocycles. The van der Waals surface area contributed by atoms with Gasteiger partial charge in [-0.15, -0.1) is 0 Å². The van der Waals surface area contributed by atoms with Crippen LogP contribution in [0.15, 0.2) is 29.8 Å². The van der Waals surface area contributed by atoms with E-state index < -0.39 is 0 Å². The van der Waals surface area contributed by atoms with Gasteiger partial charge in [-0.05, 0) is 65.3 Å². The van der Waals surface area contributed by atoms with E-state index in [2.05, 4.69) is 59.1 Å². The number of hydrogen-bond donors (Lipinski definition) is 1. The topological polar surface area (TPSA) is 21.3 Å². The third kappa shape index (κ3) is 3.22. The molecule has 0 bridgehead atoms. The van der Waals surface area contributed by atoms with Crippen molar-refractivity contribution in [2.75, 3.05) is 25.1 Å². The molecule has 1 aromatic rings. The maximum Gasteiger partial charge on any atom is 0.0693 e. The van der Waals surface area contributed by atoms with Crippen LogP contribution < -0.4 is 5.32 Å². The molecular formula is C13H16INO. The van der Waals surface area contributed by atoms with Crippen LogP contribution in [0.4, 0.5) is 5.69 Å². The highest BCUT2D eigenvalue weighted by molar-refractivity contribution is 14.1. The van der Waals surface area contributed by atoms with Crippen molar-refractivity contribution in [3.63, 3.8) is 0 Å². The van der Waals surface area contributed by atoms with Crippen LogP contribution in [0, 0.1) is 10.5 Å². The standard InChI is InChI=1S/C13H16INO/c1-10-7-12(14)4-5-13(10)15-8-11-3-2-6-16-9-11/h3-5,7,15H,2,6,8-9H2,1H3. The Kier molecular flexibility index (Phi) is 4.23. The molecule has 0 fully saturated rings.